The van der Waals surface area contributed by atoms with E-state index in [1.807, 2.05) is 6.92 Å². The van der Waals surface area contributed by atoms with Gasteiger partial charge in [0.25, 0.3) is 0 Å². The smallest absolute Gasteiger partial charge is 0.110 e. The Morgan fingerprint density at radius 2 is 1.88 bits per heavy atom. The molecule has 4 aliphatic rings. The summed E-state index contributed by atoms with van der Waals surface area (Å²) in [6.45, 7) is 6.56. The van der Waals surface area contributed by atoms with Gasteiger partial charge in [0.15, 0.2) is 0 Å². The maximum absolute atomic E-state index is 11.5. The van der Waals surface area contributed by atoms with Crippen LogP contribution in [0.1, 0.15) is 59.3 Å². The Labute approximate surface area is 156 Å². The summed E-state index contributed by atoms with van der Waals surface area (Å²) in [5.41, 5.74) is 2.24. The number of allylic oxidation sites excluding steroid dienone is 4. The summed E-state index contributed by atoms with van der Waals surface area (Å²) < 4.78 is 0. The van der Waals surface area contributed by atoms with Crippen LogP contribution < -0.4 is 11.7 Å². The van der Waals surface area contributed by atoms with Crippen LogP contribution in [0.5, 0.6) is 0 Å². The first kappa shape index (κ1) is 17.8. The van der Waals surface area contributed by atoms with Gasteiger partial charge in [-0.05, 0) is 80.3 Å². The lowest BCUT2D eigenvalue weighted by atomic mass is 9.48. The van der Waals surface area contributed by atoms with Crippen molar-refractivity contribution in [2.75, 3.05) is 0 Å². The summed E-state index contributed by atoms with van der Waals surface area (Å²) in [5, 5.41) is 19.3. The fraction of sp³-hybridized carbons (Fsp3) is 0.714. The van der Waals surface area contributed by atoms with Gasteiger partial charge < -0.3 is 16.8 Å². The van der Waals surface area contributed by atoms with Crippen LogP contribution in [-0.2, 0) is 0 Å². The maximum Gasteiger partial charge on any atom is 0.110 e. The molecular formula is C21H32N4O. The molecule has 4 rings (SSSR count). The van der Waals surface area contributed by atoms with E-state index >= 15 is 0 Å². The molecule has 0 radical (unpaired) electrons. The molecular weight excluding hydrogens is 324 g/mol. The van der Waals surface area contributed by atoms with Crippen LogP contribution in [-0.4, -0.2) is 22.1 Å². The number of aliphatic hydroxyl groups is 1. The number of hydrogen-bond donors (Lipinski definition) is 3. The predicted molar refractivity (Wildman–Crippen MR) is 105 cm³/mol. The van der Waals surface area contributed by atoms with Crippen molar-refractivity contribution in [3.05, 3.63) is 23.8 Å². The van der Waals surface area contributed by atoms with Crippen molar-refractivity contribution in [1.82, 2.24) is 0 Å². The lowest BCUT2D eigenvalue weighted by Crippen LogP contribution is -2.56. The minimum absolute atomic E-state index is 0.151. The lowest BCUT2D eigenvalue weighted by molar-refractivity contribution is -0.0748. The molecule has 0 bridgehead atoms. The molecule has 5 heteroatoms. The summed E-state index contributed by atoms with van der Waals surface area (Å²) in [4.78, 5) is 0. The molecule has 0 aliphatic heterocycles. The van der Waals surface area contributed by atoms with E-state index in [2.05, 4.69) is 42.3 Å². The van der Waals surface area contributed by atoms with Crippen LogP contribution in [0.25, 0.3) is 0 Å². The van der Waals surface area contributed by atoms with Crippen molar-refractivity contribution >= 4 is 11.4 Å². The Kier molecular flexibility index (Phi) is 3.89. The van der Waals surface area contributed by atoms with Crippen molar-refractivity contribution in [2.45, 2.75) is 64.9 Å². The molecule has 2 saturated carbocycles. The molecule has 0 aromatic rings. The Morgan fingerprint density at radius 3 is 2.58 bits per heavy atom. The molecule has 0 aromatic carbocycles. The van der Waals surface area contributed by atoms with Gasteiger partial charge in [-0.1, -0.05) is 26.0 Å². The average molecular weight is 357 g/mol. The third kappa shape index (κ3) is 2.07. The summed E-state index contributed by atoms with van der Waals surface area (Å²) in [6, 6.07) is 0. The monoisotopic (exact) mass is 356 g/mol. The van der Waals surface area contributed by atoms with E-state index in [9.17, 15) is 5.11 Å². The molecule has 0 heterocycles. The highest BCUT2D eigenvalue weighted by atomic mass is 16.3. The standard InChI is InChI=1S/C21H32N4O/c1-13(24-22)21(26)11-8-18-16-5-4-14-12-15(25-23)6-9-19(14,2)17(16)7-10-20(18,21)3/h4-5,12,16-18,26H,6-11,22-23H2,1-3H3/b24-13+,25-15-/t16-,17+,18+,19+,20+,21+/m1/s1. The van der Waals surface area contributed by atoms with Gasteiger partial charge in [-0.25, -0.2) is 0 Å². The van der Waals surface area contributed by atoms with Crippen molar-refractivity contribution in [3.63, 3.8) is 0 Å². The largest absolute Gasteiger partial charge is 0.383 e. The molecule has 0 saturated heterocycles. The van der Waals surface area contributed by atoms with Crippen molar-refractivity contribution in [3.8, 4) is 0 Å². The second-order valence-corrected chi connectivity index (χ2v) is 9.36. The molecule has 142 valence electrons. The Hall–Kier alpha value is -1.62. The first-order valence-electron chi connectivity index (χ1n) is 9.94. The fourth-order valence-electron chi connectivity index (χ4n) is 6.83. The van der Waals surface area contributed by atoms with Crippen LogP contribution >= 0.6 is 0 Å². The first-order chi connectivity index (χ1) is 12.3. The molecule has 2 fully saturated rings. The first-order valence-corrected chi connectivity index (χ1v) is 9.94. The number of nitrogens with two attached hydrogens (primary N) is 2. The molecule has 5 N–H and O–H groups in total. The Morgan fingerprint density at radius 1 is 1.15 bits per heavy atom. The van der Waals surface area contributed by atoms with Gasteiger partial charge in [-0.15, -0.1) is 0 Å². The van der Waals surface area contributed by atoms with E-state index in [0.717, 1.165) is 44.2 Å². The van der Waals surface area contributed by atoms with Gasteiger partial charge in [0.05, 0.1) is 11.4 Å². The molecule has 26 heavy (non-hydrogen) atoms. The van der Waals surface area contributed by atoms with Gasteiger partial charge >= 0.3 is 0 Å². The highest BCUT2D eigenvalue weighted by Crippen LogP contribution is 2.66. The van der Waals surface area contributed by atoms with Crippen LogP contribution in [0.3, 0.4) is 0 Å². The summed E-state index contributed by atoms with van der Waals surface area (Å²) >= 11 is 0. The number of hydrazone groups is 2. The second kappa shape index (κ2) is 5.69. The highest BCUT2D eigenvalue weighted by Gasteiger charge is 2.64. The Bertz CT molecular complexity index is 738. The number of rotatable bonds is 1. The molecule has 5 nitrogen and oxygen atoms in total. The topological polar surface area (TPSA) is 97.0 Å². The second-order valence-electron chi connectivity index (χ2n) is 9.36. The fourth-order valence-corrected chi connectivity index (χ4v) is 6.83. The van der Waals surface area contributed by atoms with E-state index in [1.54, 1.807) is 0 Å². The third-order valence-electron chi connectivity index (χ3n) is 8.64. The number of hydrogen-bond acceptors (Lipinski definition) is 5. The number of nitrogens with zero attached hydrogens (tertiary/aromatic N) is 2. The summed E-state index contributed by atoms with van der Waals surface area (Å²) in [7, 11) is 0. The highest BCUT2D eigenvalue weighted by molar-refractivity contribution is 5.97. The summed E-state index contributed by atoms with van der Waals surface area (Å²) in [6.07, 6.45) is 12.9. The van der Waals surface area contributed by atoms with Gasteiger partial charge in [0.2, 0.25) is 0 Å². The SMILES string of the molecule is C/C(=N\N)[C@@]1(O)CC[C@H]2[C@@H]3C=CC4=C/C(=N\N)CC[C@]4(C)[C@H]3CC[C@@]21C. The van der Waals surface area contributed by atoms with Crippen LogP contribution in [0.4, 0.5) is 0 Å². The molecule has 4 aliphatic carbocycles. The molecule has 0 amide bonds. The van der Waals surface area contributed by atoms with Gasteiger partial charge in [-0.3, -0.25) is 0 Å². The van der Waals surface area contributed by atoms with Crippen molar-refractivity contribution in [2.24, 2.45) is 50.5 Å². The minimum Gasteiger partial charge on any atom is -0.383 e. The van der Waals surface area contributed by atoms with Crippen LogP contribution in [0.2, 0.25) is 0 Å². The summed E-state index contributed by atoms with van der Waals surface area (Å²) in [5.74, 6) is 12.7. The van der Waals surface area contributed by atoms with Gasteiger partial charge in [0.1, 0.15) is 5.60 Å². The minimum atomic E-state index is -0.867. The van der Waals surface area contributed by atoms with Gasteiger partial charge in [-0.2, -0.15) is 10.2 Å². The Balaban J connectivity index is 1.74. The van der Waals surface area contributed by atoms with Crippen LogP contribution in [0.15, 0.2) is 34.0 Å². The van der Waals surface area contributed by atoms with Crippen LogP contribution in [0, 0.1) is 28.6 Å². The zero-order valence-corrected chi connectivity index (χ0v) is 16.2. The van der Waals surface area contributed by atoms with Crippen molar-refractivity contribution < 1.29 is 5.11 Å². The predicted octanol–water partition coefficient (Wildman–Crippen LogP) is 3.11. The van der Waals surface area contributed by atoms with E-state index in [4.69, 9.17) is 11.7 Å². The zero-order valence-electron chi connectivity index (χ0n) is 16.2. The lowest BCUT2D eigenvalue weighted by Gasteiger charge is -2.57. The maximum atomic E-state index is 11.5. The third-order valence-corrected chi connectivity index (χ3v) is 8.64. The van der Waals surface area contributed by atoms with Crippen molar-refractivity contribution in [1.29, 1.82) is 0 Å². The van der Waals surface area contributed by atoms with Gasteiger partial charge in [0, 0.05) is 5.41 Å². The van der Waals surface area contributed by atoms with E-state index in [0.29, 0.717) is 23.5 Å². The number of fused-ring (bicyclic) bond motifs is 5. The van der Waals surface area contributed by atoms with E-state index in [1.165, 1.54) is 5.57 Å². The quantitative estimate of drug-likeness (QED) is 0.382. The zero-order chi connectivity index (χ0) is 18.7. The molecule has 0 spiro atoms. The molecule has 0 aromatic heterocycles. The van der Waals surface area contributed by atoms with E-state index in [-0.39, 0.29) is 10.8 Å². The molecule has 0 unspecified atom stereocenters. The average Bonchev–Trinajstić information content (AvgIpc) is 2.92. The normalized spacial score (nSPS) is 49.4. The molecule has 6 atom stereocenters. The van der Waals surface area contributed by atoms with E-state index < -0.39 is 5.60 Å².